The number of nitrogens with zero attached hydrogens (tertiary/aromatic N) is 1. The lowest BCUT2D eigenvalue weighted by atomic mass is 10.3. The molecule has 0 saturated heterocycles. The van der Waals surface area contributed by atoms with Crippen LogP contribution in [0.5, 0.6) is 0 Å². The van der Waals surface area contributed by atoms with E-state index >= 15 is 0 Å². The molecule has 0 fully saturated rings. The number of anilines is 1. The predicted octanol–water partition coefficient (Wildman–Crippen LogP) is 1.52. The predicted molar refractivity (Wildman–Crippen MR) is 70.1 cm³/mol. The number of nitrogen functional groups attached to an aromatic ring is 1. The quantitative estimate of drug-likeness (QED) is 0.595. The second kappa shape index (κ2) is 7.03. The molecule has 0 atom stereocenters. The number of aromatic nitrogens is 1. The first-order valence-electron chi connectivity index (χ1n) is 5.43. The molecule has 1 aromatic rings. The Bertz CT molecular complexity index is 401. The van der Waals surface area contributed by atoms with Gasteiger partial charge in [0.15, 0.2) is 10.8 Å². The average molecular weight is 255 g/mol. The Kier molecular flexibility index (Phi) is 5.65. The van der Waals surface area contributed by atoms with Crippen molar-refractivity contribution in [3.05, 3.63) is 16.6 Å². The Morgan fingerprint density at radius 3 is 3.06 bits per heavy atom. The lowest BCUT2D eigenvalue weighted by Gasteiger charge is -1.98. The number of hydrogen-bond acceptors (Lipinski definition) is 6. The zero-order valence-electron chi connectivity index (χ0n) is 10.0. The van der Waals surface area contributed by atoms with Crippen molar-refractivity contribution < 1.29 is 9.53 Å². The standard InChI is InChI=1S/C11H17N3O2S/c1-3-16-10(15)9-8(17-11(12)14-9)6-4-5-7-13-2/h4,6,13H,3,5,7H2,1-2H3,(H2,12,14). The van der Waals surface area contributed by atoms with Crippen molar-refractivity contribution >= 4 is 28.5 Å². The highest BCUT2D eigenvalue weighted by molar-refractivity contribution is 7.16. The summed E-state index contributed by atoms with van der Waals surface area (Å²) in [4.78, 5) is 16.3. The maximum absolute atomic E-state index is 11.6. The number of nitrogens with one attached hydrogen (secondary N) is 1. The fourth-order valence-electron chi connectivity index (χ4n) is 1.23. The molecule has 5 nitrogen and oxygen atoms in total. The van der Waals surface area contributed by atoms with Gasteiger partial charge in [0, 0.05) is 0 Å². The van der Waals surface area contributed by atoms with Crippen LogP contribution in [-0.4, -0.2) is 31.2 Å². The third-order valence-electron chi connectivity index (χ3n) is 1.97. The van der Waals surface area contributed by atoms with Gasteiger partial charge in [-0.1, -0.05) is 17.4 Å². The zero-order valence-corrected chi connectivity index (χ0v) is 10.8. The highest BCUT2D eigenvalue weighted by Gasteiger charge is 2.16. The molecule has 0 aromatic carbocycles. The molecule has 0 saturated carbocycles. The van der Waals surface area contributed by atoms with E-state index in [9.17, 15) is 4.79 Å². The molecule has 1 heterocycles. The van der Waals surface area contributed by atoms with Crippen LogP contribution < -0.4 is 11.1 Å². The van der Waals surface area contributed by atoms with Gasteiger partial charge in [0.05, 0.1) is 11.5 Å². The summed E-state index contributed by atoms with van der Waals surface area (Å²) in [7, 11) is 1.89. The van der Waals surface area contributed by atoms with E-state index in [1.165, 1.54) is 11.3 Å². The molecule has 0 unspecified atom stereocenters. The second-order valence-corrected chi connectivity index (χ2v) is 4.34. The first-order valence-corrected chi connectivity index (χ1v) is 6.25. The van der Waals surface area contributed by atoms with Crippen molar-refractivity contribution in [1.29, 1.82) is 0 Å². The molecule has 17 heavy (non-hydrogen) atoms. The summed E-state index contributed by atoms with van der Waals surface area (Å²) in [6.07, 6.45) is 4.72. The Morgan fingerprint density at radius 1 is 1.65 bits per heavy atom. The molecule has 0 bridgehead atoms. The van der Waals surface area contributed by atoms with Crippen LogP contribution in [0.1, 0.15) is 28.7 Å². The molecule has 0 radical (unpaired) electrons. The highest BCUT2D eigenvalue weighted by Crippen LogP contribution is 2.22. The van der Waals surface area contributed by atoms with E-state index in [0.29, 0.717) is 17.4 Å². The number of ether oxygens (including phenoxy) is 1. The number of carbonyl (C=O) groups is 1. The third-order valence-corrected chi connectivity index (χ3v) is 2.82. The minimum absolute atomic E-state index is 0.301. The first-order chi connectivity index (χ1) is 8.19. The molecular weight excluding hydrogens is 238 g/mol. The molecule has 0 aliphatic carbocycles. The molecule has 6 heteroatoms. The van der Waals surface area contributed by atoms with E-state index < -0.39 is 5.97 Å². The molecule has 0 aliphatic heterocycles. The van der Waals surface area contributed by atoms with E-state index in [4.69, 9.17) is 10.5 Å². The van der Waals surface area contributed by atoms with E-state index in [2.05, 4.69) is 10.3 Å². The lowest BCUT2D eigenvalue weighted by Crippen LogP contribution is -2.07. The topological polar surface area (TPSA) is 77.2 Å². The Balaban J connectivity index is 2.77. The van der Waals surface area contributed by atoms with Crippen molar-refractivity contribution in [3.63, 3.8) is 0 Å². The summed E-state index contributed by atoms with van der Waals surface area (Å²) in [5.74, 6) is -0.422. The number of carbonyl (C=O) groups excluding carboxylic acids is 1. The minimum atomic E-state index is -0.422. The Hall–Kier alpha value is -1.40. The summed E-state index contributed by atoms with van der Waals surface area (Å²) in [6.45, 7) is 2.98. The van der Waals surface area contributed by atoms with Crippen LogP contribution in [0.2, 0.25) is 0 Å². The van der Waals surface area contributed by atoms with Gasteiger partial charge in [-0.05, 0) is 33.0 Å². The van der Waals surface area contributed by atoms with Gasteiger partial charge in [0.25, 0.3) is 0 Å². The first kappa shape index (κ1) is 13.7. The van der Waals surface area contributed by atoms with Crippen LogP contribution in [0.4, 0.5) is 5.13 Å². The van der Waals surface area contributed by atoms with Crippen molar-refractivity contribution in [1.82, 2.24) is 10.3 Å². The monoisotopic (exact) mass is 255 g/mol. The third kappa shape index (κ3) is 4.16. The van der Waals surface area contributed by atoms with Crippen molar-refractivity contribution in [2.75, 3.05) is 25.9 Å². The number of thiazole rings is 1. The van der Waals surface area contributed by atoms with Crippen LogP contribution in [0, 0.1) is 0 Å². The number of esters is 1. The summed E-state index contributed by atoms with van der Waals surface area (Å²) < 4.78 is 4.91. The summed E-state index contributed by atoms with van der Waals surface area (Å²) in [6, 6.07) is 0. The molecule has 0 amide bonds. The average Bonchev–Trinajstić information content (AvgIpc) is 2.66. The van der Waals surface area contributed by atoms with Crippen LogP contribution in [-0.2, 0) is 4.74 Å². The van der Waals surface area contributed by atoms with Crippen molar-refractivity contribution in [2.24, 2.45) is 0 Å². The summed E-state index contributed by atoms with van der Waals surface area (Å²) in [5.41, 5.74) is 5.90. The van der Waals surface area contributed by atoms with Gasteiger partial charge in [0.1, 0.15) is 0 Å². The van der Waals surface area contributed by atoms with Crippen LogP contribution in [0.3, 0.4) is 0 Å². The molecule has 0 spiro atoms. The van der Waals surface area contributed by atoms with Gasteiger partial charge in [-0.25, -0.2) is 9.78 Å². The van der Waals surface area contributed by atoms with E-state index in [0.717, 1.165) is 17.8 Å². The maximum Gasteiger partial charge on any atom is 0.358 e. The zero-order chi connectivity index (χ0) is 12.7. The van der Waals surface area contributed by atoms with Crippen molar-refractivity contribution in [2.45, 2.75) is 13.3 Å². The second-order valence-electron chi connectivity index (χ2n) is 3.28. The van der Waals surface area contributed by atoms with Gasteiger partial charge in [0.2, 0.25) is 0 Å². The number of rotatable bonds is 6. The maximum atomic E-state index is 11.6. The van der Waals surface area contributed by atoms with Crippen LogP contribution in [0.25, 0.3) is 6.08 Å². The Labute approximate surface area is 105 Å². The molecule has 3 N–H and O–H groups in total. The van der Waals surface area contributed by atoms with E-state index in [-0.39, 0.29) is 0 Å². The minimum Gasteiger partial charge on any atom is -0.461 e. The van der Waals surface area contributed by atoms with Gasteiger partial charge < -0.3 is 15.8 Å². The van der Waals surface area contributed by atoms with Gasteiger partial charge in [-0.3, -0.25) is 0 Å². The molecule has 1 aromatic heterocycles. The fraction of sp³-hybridized carbons (Fsp3) is 0.455. The lowest BCUT2D eigenvalue weighted by molar-refractivity contribution is 0.0520. The smallest absolute Gasteiger partial charge is 0.358 e. The van der Waals surface area contributed by atoms with Crippen LogP contribution >= 0.6 is 11.3 Å². The van der Waals surface area contributed by atoms with Gasteiger partial charge in [-0.15, -0.1) is 0 Å². The van der Waals surface area contributed by atoms with E-state index in [1.54, 1.807) is 6.92 Å². The molecule has 94 valence electrons. The van der Waals surface area contributed by atoms with Crippen molar-refractivity contribution in [3.8, 4) is 0 Å². The number of hydrogen-bond donors (Lipinski definition) is 2. The SMILES string of the molecule is CCOC(=O)c1nc(N)sc1C=CCCNC. The highest BCUT2D eigenvalue weighted by atomic mass is 32.1. The summed E-state index contributed by atoms with van der Waals surface area (Å²) in [5, 5.41) is 3.41. The van der Waals surface area contributed by atoms with Gasteiger partial charge >= 0.3 is 5.97 Å². The van der Waals surface area contributed by atoms with Crippen LogP contribution in [0.15, 0.2) is 6.08 Å². The van der Waals surface area contributed by atoms with E-state index in [1.807, 2.05) is 19.2 Å². The Morgan fingerprint density at radius 2 is 2.41 bits per heavy atom. The fourth-order valence-corrected chi connectivity index (χ4v) is 1.98. The normalized spacial score (nSPS) is 10.9. The molecule has 0 aliphatic rings. The molecular formula is C11H17N3O2S. The number of nitrogens with two attached hydrogens (primary N) is 1. The summed E-state index contributed by atoms with van der Waals surface area (Å²) >= 11 is 1.29. The largest absolute Gasteiger partial charge is 0.461 e. The van der Waals surface area contributed by atoms with Gasteiger partial charge in [-0.2, -0.15) is 0 Å². The molecule has 1 rings (SSSR count).